The molecule has 1 saturated heterocycles. The molecule has 9 heavy (non-hydrogen) atoms. The van der Waals surface area contributed by atoms with E-state index in [0.29, 0.717) is 6.54 Å². The van der Waals surface area contributed by atoms with Gasteiger partial charge in [0, 0.05) is 6.54 Å². The van der Waals surface area contributed by atoms with E-state index in [2.05, 4.69) is 5.32 Å². The SMILES string of the molecule is O=C=C1NCC1C(=O)O. The van der Waals surface area contributed by atoms with Crippen molar-refractivity contribution in [3.8, 4) is 0 Å². The first-order chi connectivity index (χ1) is 4.25. The van der Waals surface area contributed by atoms with E-state index in [9.17, 15) is 9.59 Å². The Morgan fingerprint density at radius 3 is 2.67 bits per heavy atom. The van der Waals surface area contributed by atoms with Gasteiger partial charge in [-0.25, -0.2) is 4.79 Å². The number of hydrogen-bond donors (Lipinski definition) is 2. The predicted octanol–water partition coefficient (Wildman–Crippen LogP) is -0.994. The Morgan fingerprint density at radius 2 is 2.56 bits per heavy atom. The highest BCUT2D eigenvalue weighted by atomic mass is 16.4. The Bertz CT molecular complexity index is 192. The largest absolute Gasteiger partial charge is 0.481 e. The van der Waals surface area contributed by atoms with Crippen LogP contribution in [0.25, 0.3) is 0 Å². The van der Waals surface area contributed by atoms with Crippen molar-refractivity contribution < 1.29 is 14.7 Å². The van der Waals surface area contributed by atoms with Gasteiger partial charge in [-0.3, -0.25) is 4.79 Å². The fourth-order valence-electron chi connectivity index (χ4n) is 0.624. The maximum absolute atomic E-state index is 10.1. The molecule has 1 unspecified atom stereocenters. The minimum absolute atomic E-state index is 0.155. The van der Waals surface area contributed by atoms with E-state index in [-0.39, 0.29) is 5.70 Å². The molecule has 0 bridgehead atoms. The third-order valence-corrected chi connectivity index (χ3v) is 1.25. The van der Waals surface area contributed by atoms with Crippen molar-refractivity contribution in [3.63, 3.8) is 0 Å². The molecule has 2 N–H and O–H groups in total. The highest BCUT2D eigenvalue weighted by Crippen LogP contribution is 2.13. The maximum atomic E-state index is 10.1. The van der Waals surface area contributed by atoms with Crippen LogP contribution in [0.4, 0.5) is 0 Å². The lowest BCUT2D eigenvalue weighted by molar-refractivity contribution is -0.141. The van der Waals surface area contributed by atoms with Crippen LogP contribution >= 0.6 is 0 Å². The highest BCUT2D eigenvalue weighted by Gasteiger charge is 2.31. The van der Waals surface area contributed by atoms with Crippen molar-refractivity contribution >= 4 is 11.9 Å². The summed E-state index contributed by atoms with van der Waals surface area (Å²) in [6.07, 6.45) is 0. The molecule has 1 rings (SSSR count). The summed E-state index contributed by atoms with van der Waals surface area (Å²) in [5, 5.41) is 10.8. The molecule has 4 heteroatoms. The van der Waals surface area contributed by atoms with E-state index < -0.39 is 11.9 Å². The van der Waals surface area contributed by atoms with Crippen molar-refractivity contribution in [1.29, 1.82) is 0 Å². The number of carboxylic acids is 1. The predicted molar refractivity (Wildman–Crippen MR) is 28.3 cm³/mol. The van der Waals surface area contributed by atoms with Crippen LogP contribution in [0.1, 0.15) is 0 Å². The van der Waals surface area contributed by atoms with Gasteiger partial charge in [0.1, 0.15) is 17.6 Å². The fourth-order valence-corrected chi connectivity index (χ4v) is 0.624. The number of aliphatic carboxylic acids is 1. The van der Waals surface area contributed by atoms with Crippen molar-refractivity contribution in [2.75, 3.05) is 6.54 Å². The van der Waals surface area contributed by atoms with Gasteiger partial charge in [-0.1, -0.05) is 0 Å². The minimum Gasteiger partial charge on any atom is -0.481 e. The van der Waals surface area contributed by atoms with E-state index >= 15 is 0 Å². The lowest BCUT2D eigenvalue weighted by atomic mass is 10.00. The molecule has 0 saturated carbocycles. The minimum atomic E-state index is -0.966. The summed E-state index contributed by atoms with van der Waals surface area (Å²) in [6, 6.07) is 0. The highest BCUT2D eigenvalue weighted by molar-refractivity contribution is 5.79. The fraction of sp³-hybridized carbons (Fsp3) is 0.400. The summed E-state index contributed by atoms with van der Waals surface area (Å²) in [5.74, 6) is -0.0947. The Kier molecular flexibility index (Phi) is 1.24. The van der Waals surface area contributed by atoms with E-state index in [0.717, 1.165) is 0 Å². The summed E-state index contributed by atoms with van der Waals surface area (Å²) in [4.78, 5) is 19.9. The van der Waals surface area contributed by atoms with Crippen molar-refractivity contribution in [2.45, 2.75) is 0 Å². The van der Waals surface area contributed by atoms with E-state index in [4.69, 9.17) is 5.11 Å². The number of carboxylic acid groups (broad SMARTS) is 1. The zero-order chi connectivity index (χ0) is 6.85. The van der Waals surface area contributed by atoms with Gasteiger partial charge in [0.05, 0.1) is 0 Å². The van der Waals surface area contributed by atoms with Crippen LogP contribution in [0.3, 0.4) is 0 Å². The molecular formula is C5H5NO3. The molecule has 1 fully saturated rings. The first-order valence-corrected chi connectivity index (χ1v) is 2.47. The summed E-state index contributed by atoms with van der Waals surface area (Å²) < 4.78 is 0. The molecule has 4 nitrogen and oxygen atoms in total. The standard InChI is InChI=1S/C5H5NO3/c7-2-4-3(1-6-4)5(8)9/h3,6H,1H2,(H,8,9). The van der Waals surface area contributed by atoms with Crippen LogP contribution in [-0.4, -0.2) is 23.6 Å². The van der Waals surface area contributed by atoms with Crippen LogP contribution in [0, 0.1) is 5.92 Å². The number of hydrogen-bond acceptors (Lipinski definition) is 3. The second-order valence-corrected chi connectivity index (χ2v) is 1.79. The topological polar surface area (TPSA) is 66.4 Å². The molecule has 0 amide bonds. The second kappa shape index (κ2) is 1.91. The zero-order valence-corrected chi connectivity index (χ0v) is 4.55. The van der Waals surface area contributed by atoms with Crippen molar-refractivity contribution in [3.05, 3.63) is 5.70 Å². The molecule has 1 aliphatic rings. The molecule has 0 aromatic carbocycles. The van der Waals surface area contributed by atoms with Gasteiger partial charge >= 0.3 is 5.97 Å². The average Bonchev–Trinajstić information content (AvgIpc) is 1.61. The Labute approximate surface area is 51.2 Å². The van der Waals surface area contributed by atoms with Gasteiger partial charge < -0.3 is 10.4 Å². The molecule has 0 spiro atoms. The van der Waals surface area contributed by atoms with E-state index in [1.807, 2.05) is 0 Å². The molecule has 0 aromatic heterocycles. The number of carbonyl (C=O) groups excluding carboxylic acids is 1. The maximum Gasteiger partial charge on any atom is 0.315 e. The van der Waals surface area contributed by atoms with Gasteiger partial charge in [-0.2, -0.15) is 0 Å². The van der Waals surface area contributed by atoms with Gasteiger partial charge in [0.15, 0.2) is 0 Å². The quantitative estimate of drug-likeness (QED) is 0.443. The first kappa shape index (κ1) is 5.85. The van der Waals surface area contributed by atoms with E-state index in [1.165, 1.54) is 5.94 Å². The van der Waals surface area contributed by atoms with Gasteiger partial charge in [0.2, 0.25) is 0 Å². The monoisotopic (exact) mass is 127 g/mol. The number of carbonyl (C=O) groups is 1. The Morgan fingerprint density at radius 1 is 1.89 bits per heavy atom. The van der Waals surface area contributed by atoms with Crippen LogP contribution < -0.4 is 5.32 Å². The first-order valence-electron chi connectivity index (χ1n) is 2.47. The third-order valence-electron chi connectivity index (χ3n) is 1.25. The van der Waals surface area contributed by atoms with Crippen LogP contribution in [-0.2, 0) is 9.59 Å². The molecule has 0 radical (unpaired) electrons. The summed E-state index contributed by atoms with van der Waals surface area (Å²) in [7, 11) is 0. The molecule has 1 heterocycles. The molecule has 48 valence electrons. The van der Waals surface area contributed by atoms with Crippen molar-refractivity contribution in [2.24, 2.45) is 5.92 Å². The van der Waals surface area contributed by atoms with E-state index in [1.54, 1.807) is 0 Å². The Hall–Kier alpha value is -1.28. The molecular weight excluding hydrogens is 122 g/mol. The molecule has 1 aliphatic heterocycles. The van der Waals surface area contributed by atoms with Crippen LogP contribution in [0.15, 0.2) is 5.70 Å². The summed E-state index contributed by atoms with van der Waals surface area (Å²) in [5.41, 5.74) is 0.155. The summed E-state index contributed by atoms with van der Waals surface area (Å²) >= 11 is 0. The molecule has 1 atom stereocenters. The van der Waals surface area contributed by atoms with Gasteiger partial charge in [-0.05, 0) is 0 Å². The Balaban J connectivity index is 2.66. The van der Waals surface area contributed by atoms with Gasteiger partial charge in [0.25, 0.3) is 0 Å². The number of nitrogens with one attached hydrogen (secondary N) is 1. The lowest BCUT2D eigenvalue weighted by Crippen LogP contribution is -2.44. The molecule has 0 aliphatic carbocycles. The average molecular weight is 127 g/mol. The normalized spacial score (nSPS) is 23.6. The summed E-state index contributed by atoms with van der Waals surface area (Å²) in [6.45, 7) is 0.347. The van der Waals surface area contributed by atoms with Crippen LogP contribution in [0.2, 0.25) is 0 Å². The van der Waals surface area contributed by atoms with Crippen molar-refractivity contribution in [1.82, 2.24) is 5.32 Å². The zero-order valence-electron chi connectivity index (χ0n) is 4.55. The number of rotatable bonds is 1. The van der Waals surface area contributed by atoms with Crippen LogP contribution in [0.5, 0.6) is 0 Å². The lowest BCUT2D eigenvalue weighted by Gasteiger charge is -2.24. The smallest absolute Gasteiger partial charge is 0.315 e. The second-order valence-electron chi connectivity index (χ2n) is 1.79. The molecule has 0 aromatic rings. The van der Waals surface area contributed by atoms with Gasteiger partial charge in [-0.15, -0.1) is 0 Å². The third kappa shape index (κ3) is 0.795.